The van der Waals surface area contributed by atoms with Crippen LogP contribution in [0.15, 0.2) is 59.5 Å². The Bertz CT molecular complexity index is 1220. The summed E-state index contributed by atoms with van der Waals surface area (Å²) >= 11 is 0. The molecule has 162 valence electrons. The number of carbonyl (C=O) groups is 2. The van der Waals surface area contributed by atoms with E-state index >= 15 is 0 Å². The molecule has 0 saturated heterocycles. The summed E-state index contributed by atoms with van der Waals surface area (Å²) in [6, 6.07) is 12.5. The van der Waals surface area contributed by atoms with Crippen molar-refractivity contribution in [3.05, 3.63) is 82.9 Å². The number of ether oxygens (including phenoxy) is 1. The number of halogens is 1. The van der Waals surface area contributed by atoms with Gasteiger partial charge in [0.2, 0.25) is 0 Å². The van der Waals surface area contributed by atoms with Gasteiger partial charge in [-0.1, -0.05) is 18.2 Å². The molecule has 31 heavy (non-hydrogen) atoms. The second kappa shape index (κ2) is 8.73. The SMILES string of the molecule is COC(=O)c1c(C)[nH]c(C(=O)CN(c2ccccc2)S(=O)(=O)c2ccc(F)cc2)c1C. The fraction of sp³-hybridized carbons (Fsp3) is 0.182. The molecule has 0 radical (unpaired) electrons. The van der Waals surface area contributed by atoms with Crippen LogP contribution in [0.4, 0.5) is 10.1 Å². The number of esters is 1. The van der Waals surface area contributed by atoms with Gasteiger partial charge in [0.05, 0.1) is 35.5 Å². The van der Waals surface area contributed by atoms with Gasteiger partial charge in [0.1, 0.15) is 5.82 Å². The minimum atomic E-state index is -4.17. The van der Waals surface area contributed by atoms with Crippen LogP contribution in [0.2, 0.25) is 0 Å². The third-order valence-corrected chi connectivity index (χ3v) is 6.63. The number of H-pyrrole nitrogens is 1. The summed E-state index contributed by atoms with van der Waals surface area (Å²) in [5, 5.41) is 0. The second-order valence-corrected chi connectivity index (χ2v) is 8.70. The maximum atomic E-state index is 13.3. The molecule has 1 N–H and O–H groups in total. The molecule has 9 heteroatoms. The number of hydrogen-bond acceptors (Lipinski definition) is 5. The highest BCUT2D eigenvalue weighted by atomic mass is 32.2. The van der Waals surface area contributed by atoms with E-state index in [1.165, 1.54) is 7.11 Å². The first-order valence-corrected chi connectivity index (χ1v) is 10.7. The molecule has 2 aromatic carbocycles. The van der Waals surface area contributed by atoms with Gasteiger partial charge in [-0.2, -0.15) is 0 Å². The number of nitrogens with one attached hydrogen (secondary N) is 1. The van der Waals surface area contributed by atoms with Crippen molar-refractivity contribution in [2.75, 3.05) is 18.0 Å². The van der Waals surface area contributed by atoms with Gasteiger partial charge in [0.25, 0.3) is 10.0 Å². The number of hydrogen-bond donors (Lipinski definition) is 1. The molecule has 0 unspecified atom stereocenters. The summed E-state index contributed by atoms with van der Waals surface area (Å²) in [5.41, 5.74) is 1.45. The fourth-order valence-electron chi connectivity index (χ4n) is 3.29. The number of aromatic amines is 1. The second-order valence-electron chi connectivity index (χ2n) is 6.84. The van der Waals surface area contributed by atoms with Crippen molar-refractivity contribution < 1.29 is 27.1 Å². The number of carbonyl (C=O) groups excluding carboxylic acids is 2. The summed E-state index contributed by atoms with van der Waals surface area (Å²) in [7, 11) is -2.93. The van der Waals surface area contributed by atoms with E-state index in [1.54, 1.807) is 44.2 Å². The van der Waals surface area contributed by atoms with E-state index in [-0.39, 0.29) is 21.8 Å². The largest absolute Gasteiger partial charge is 0.465 e. The van der Waals surface area contributed by atoms with E-state index < -0.39 is 34.1 Å². The van der Waals surface area contributed by atoms with Crippen molar-refractivity contribution in [2.24, 2.45) is 0 Å². The lowest BCUT2D eigenvalue weighted by molar-refractivity contribution is 0.0599. The number of sulfonamides is 1. The van der Waals surface area contributed by atoms with Gasteiger partial charge < -0.3 is 9.72 Å². The van der Waals surface area contributed by atoms with Crippen LogP contribution in [0.25, 0.3) is 0 Å². The molecule has 0 spiro atoms. The van der Waals surface area contributed by atoms with E-state index in [4.69, 9.17) is 4.74 Å². The van der Waals surface area contributed by atoms with Crippen LogP contribution >= 0.6 is 0 Å². The predicted molar refractivity (Wildman–Crippen MR) is 113 cm³/mol. The first-order valence-electron chi connectivity index (χ1n) is 9.31. The first kappa shape index (κ1) is 22.2. The number of aryl methyl sites for hydroxylation is 1. The third kappa shape index (κ3) is 4.36. The van der Waals surface area contributed by atoms with Crippen LogP contribution in [-0.2, 0) is 14.8 Å². The number of ketones is 1. The smallest absolute Gasteiger partial charge is 0.339 e. The number of Topliss-reactive ketones (excluding diaryl/α,β-unsaturated/α-hetero) is 1. The van der Waals surface area contributed by atoms with Crippen LogP contribution in [-0.4, -0.2) is 38.8 Å². The maximum Gasteiger partial charge on any atom is 0.339 e. The molecule has 1 heterocycles. The monoisotopic (exact) mass is 444 g/mol. The Morgan fingerprint density at radius 1 is 1.03 bits per heavy atom. The van der Waals surface area contributed by atoms with Crippen molar-refractivity contribution in [2.45, 2.75) is 18.7 Å². The lowest BCUT2D eigenvalue weighted by Gasteiger charge is -2.24. The Morgan fingerprint density at radius 3 is 2.23 bits per heavy atom. The number of rotatable bonds is 7. The molecule has 0 aliphatic rings. The van der Waals surface area contributed by atoms with Crippen LogP contribution < -0.4 is 4.31 Å². The van der Waals surface area contributed by atoms with Gasteiger partial charge in [-0.25, -0.2) is 17.6 Å². The standard InChI is InChI=1S/C22H21FN2O5S/c1-14-20(22(27)30-3)15(2)24-21(14)19(26)13-25(17-7-5-4-6-8-17)31(28,29)18-11-9-16(23)10-12-18/h4-12,24H,13H2,1-3H3. The molecular formula is C22H21FN2O5S. The lowest BCUT2D eigenvalue weighted by Crippen LogP contribution is -2.36. The van der Waals surface area contributed by atoms with Crippen LogP contribution in [0, 0.1) is 19.7 Å². The predicted octanol–water partition coefficient (Wildman–Crippen LogP) is 3.64. The molecule has 0 atom stereocenters. The topological polar surface area (TPSA) is 96.5 Å². The summed E-state index contributed by atoms with van der Waals surface area (Å²) in [6.07, 6.45) is 0. The van der Waals surface area contributed by atoms with Crippen molar-refractivity contribution in [3.63, 3.8) is 0 Å². The van der Waals surface area contributed by atoms with Crippen LogP contribution in [0.5, 0.6) is 0 Å². The van der Waals surface area contributed by atoms with Gasteiger partial charge in [-0.15, -0.1) is 0 Å². The van der Waals surface area contributed by atoms with Crippen molar-refractivity contribution >= 4 is 27.5 Å². The Kier molecular flexibility index (Phi) is 6.26. The third-order valence-electron chi connectivity index (χ3n) is 4.84. The molecule has 7 nitrogen and oxygen atoms in total. The van der Waals surface area contributed by atoms with Gasteiger partial charge in [-0.05, 0) is 55.8 Å². The lowest BCUT2D eigenvalue weighted by atomic mass is 10.1. The zero-order valence-electron chi connectivity index (χ0n) is 17.2. The first-order chi connectivity index (χ1) is 14.7. The Labute approximate surface area is 179 Å². The molecule has 1 aromatic heterocycles. The summed E-state index contributed by atoms with van der Waals surface area (Å²) in [5.74, 6) is -1.71. The number of aromatic nitrogens is 1. The molecule has 3 rings (SSSR count). The van der Waals surface area contributed by atoms with E-state index in [2.05, 4.69) is 4.98 Å². The van der Waals surface area contributed by atoms with Crippen molar-refractivity contribution in [1.82, 2.24) is 4.98 Å². The van der Waals surface area contributed by atoms with Gasteiger partial charge in [-0.3, -0.25) is 9.10 Å². The molecular weight excluding hydrogens is 423 g/mol. The highest BCUT2D eigenvalue weighted by molar-refractivity contribution is 7.92. The number of anilines is 1. The zero-order valence-corrected chi connectivity index (χ0v) is 18.0. The van der Waals surface area contributed by atoms with E-state index in [9.17, 15) is 22.4 Å². The van der Waals surface area contributed by atoms with Crippen LogP contribution in [0.1, 0.15) is 32.1 Å². The molecule has 0 fully saturated rings. The average molecular weight is 444 g/mol. The number of nitrogens with zero attached hydrogens (tertiary/aromatic N) is 1. The summed E-state index contributed by atoms with van der Waals surface area (Å²) in [4.78, 5) is 27.8. The van der Waals surface area contributed by atoms with Gasteiger partial charge >= 0.3 is 5.97 Å². The molecule has 0 aliphatic heterocycles. The molecule has 3 aromatic rings. The van der Waals surface area contributed by atoms with Gasteiger partial charge in [0, 0.05) is 5.69 Å². The summed E-state index contributed by atoms with van der Waals surface area (Å²) < 4.78 is 45.6. The van der Waals surface area contributed by atoms with E-state index in [0.29, 0.717) is 11.3 Å². The van der Waals surface area contributed by atoms with Crippen LogP contribution in [0.3, 0.4) is 0 Å². The van der Waals surface area contributed by atoms with Crippen molar-refractivity contribution in [3.8, 4) is 0 Å². The molecule has 0 bridgehead atoms. The average Bonchev–Trinajstić information content (AvgIpc) is 3.06. The quantitative estimate of drug-likeness (QED) is 0.443. The molecule has 0 saturated carbocycles. The molecule has 0 amide bonds. The normalized spacial score (nSPS) is 11.2. The van der Waals surface area contributed by atoms with Gasteiger partial charge in [0.15, 0.2) is 5.78 Å². The fourth-order valence-corrected chi connectivity index (χ4v) is 4.71. The summed E-state index contributed by atoms with van der Waals surface area (Å²) in [6.45, 7) is 2.69. The minimum absolute atomic E-state index is 0.119. The molecule has 0 aliphatic carbocycles. The Balaban J connectivity index is 2.04. The Hall–Kier alpha value is -3.46. The maximum absolute atomic E-state index is 13.3. The number of methoxy groups -OCH3 is 1. The number of para-hydroxylation sites is 1. The van der Waals surface area contributed by atoms with Crippen molar-refractivity contribution in [1.29, 1.82) is 0 Å². The highest BCUT2D eigenvalue weighted by Crippen LogP contribution is 2.26. The van der Waals surface area contributed by atoms with E-state index in [1.807, 2.05) is 0 Å². The minimum Gasteiger partial charge on any atom is -0.465 e. The van der Waals surface area contributed by atoms with E-state index in [0.717, 1.165) is 28.6 Å². The highest BCUT2D eigenvalue weighted by Gasteiger charge is 2.30. The Morgan fingerprint density at radius 2 is 1.65 bits per heavy atom. The zero-order chi connectivity index (χ0) is 22.8. The number of benzene rings is 2.